The summed E-state index contributed by atoms with van der Waals surface area (Å²) in [4.78, 5) is 27.7. The highest BCUT2D eigenvalue weighted by atomic mass is 35.5. The van der Waals surface area contributed by atoms with Gasteiger partial charge in [0.15, 0.2) is 0 Å². The number of hydrogen-bond acceptors (Lipinski definition) is 4. The van der Waals surface area contributed by atoms with Gasteiger partial charge in [0.05, 0.1) is 20.3 Å². The van der Waals surface area contributed by atoms with Gasteiger partial charge in [-0.1, -0.05) is 60.1 Å². The molecule has 1 fully saturated rings. The number of methoxy groups -OCH3 is 2. The second-order valence-electron chi connectivity index (χ2n) is 7.64. The average molecular weight is 450 g/mol. The maximum Gasteiger partial charge on any atom is 0.328 e. The third kappa shape index (κ3) is 4.08. The molecule has 0 radical (unpaired) electrons. The lowest BCUT2D eigenvalue weighted by molar-refractivity contribution is -0.145. The fraction of sp³-hybridized carbons (Fsp3) is 0.231. The summed E-state index contributed by atoms with van der Waals surface area (Å²) in [6.45, 7) is 0. The van der Waals surface area contributed by atoms with Crippen LogP contribution < -0.4 is 4.74 Å². The van der Waals surface area contributed by atoms with Crippen LogP contribution in [0.5, 0.6) is 5.75 Å². The Labute approximate surface area is 192 Å². The highest BCUT2D eigenvalue weighted by Crippen LogP contribution is 2.40. The first-order valence-corrected chi connectivity index (χ1v) is 10.8. The quantitative estimate of drug-likeness (QED) is 0.480. The van der Waals surface area contributed by atoms with E-state index in [1.807, 2.05) is 54.6 Å². The molecule has 32 heavy (non-hydrogen) atoms. The molecule has 0 saturated carbocycles. The number of amides is 1. The molecule has 3 aromatic rings. The standard InChI is InChI=1S/C26H24ClNO4/c1-31-24-10-6-4-7-19(24)17-11-13-18(14-12-17)25(29)28-22(15-16-23(28)26(30)32-2)20-8-3-5-9-21(20)27/h3-14,22-23H,15-16H2,1-2H3/t22-,23+/m1/s1. The van der Waals surface area contributed by atoms with Crippen LogP contribution in [0.15, 0.2) is 72.8 Å². The van der Waals surface area contributed by atoms with Crippen molar-refractivity contribution in [2.75, 3.05) is 14.2 Å². The van der Waals surface area contributed by atoms with Crippen molar-refractivity contribution >= 4 is 23.5 Å². The zero-order valence-corrected chi connectivity index (χ0v) is 18.7. The Morgan fingerprint density at radius 3 is 2.28 bits per heavy atom. The van der Waals surface area contributed by atoms with Gasteiger partial charge in [-0.2, -0.15) is 0 Å². The molecule has 1 saturated heterocycles. The second kappa shape index (κ2) is 9.45. The van der Waals surface area contributed by atoms with Gasteiger partial charge in [0.2, 0.25) is 0 Å². The van der Waals surface area contributed by atoms with E-state index < -0.39 is 12.0 Å². The molecule has 1 amide bonds. The van der Waals surface area contributed by atoms with E-state index in [2.05, 4.69) is 0 Å². The number of rotatable bonds is 5. The van der Waals surface area contributed by atoms with Crippen LogP contribution in [-0.2, 0) is 9.53 Å². The zero-order valence-electron chi connectivity index (χ0n) is 18.0. The predicted molar refractivity (Wildman–Crippen MR) is 124 cm³/mol. The monoisotopic (exact) mass is 449 g/mol. The van der Waals surface area contributed by atoms with Crippen molar-refractivity contribution in [1.29, 1.82) is 0 Å². The van der Waals surface area contributed by atoms with Crippen molar-refractivity contribution in [3.05, 3.63) is 88.9 Å². The van der Waals surface area contributed by atoms with Gasteiger partial charge in [0.25, 0.3) is 5.91 Å². The molecule has 0 unspecified atom stereocenters. The minimum absolute atomic E-state index is 0.227. The van der Waals surface area contributed by atoms with Gasteiger partial charge < -0.3 is 14.4 Å². The Hall–Kier alpha value is -3.31. The molecule has 0 N–H and O–H groups in total. The molecule has 0 aromatic heterocycles. The summed E-state index contributed by atoms with van der Waals surface area (Å²) in [5, 5.41) is 0.576. The molecular weight excluding hydrogens is 426 g/mol. The Balaban J connectivity index is 1.68. The summed E-state index contributed by atoms with van der Waals surface area (Å²) in [6.07, 6.45) is 1.15. The summed E-state index contributed by atoms with van der Waals surface area (Å²) < 4.78 is 10.4. The van der Waals surface area contributed by atoms with Crippen molar-refractivity contribution < 1.29 is 19.1 Å². The molecule has 164 valence electrons. The SMILES string of the molecule is COC(=O)[C@@H]1CC[C@H](c2ccccc2Cl)N1C(=O)c1ccc(-c2ccccc2OC)cc1. The van der Waals surface area contributed by atoms with Gasteiger partial charge in [-0.05, 0) is 48.2 Å². The number of esters is 1. The number of hydrogen-bond donors (Lipinski definition) is 0. The summed E-state index contributed by atoms with van der Waals surface area (Å²) in [5.41, 5.74) is 3.21. The molecule has 1 heterocycles. The minimum Gasteiger partial charge on any atom is -0.496 e. The fourth-order valence-corrected chi connectivity index (χ4v) is 4.60. The minimum atomic E-state index is -0.650. The number of benzene rings is 3. The fourth-order valence-electron chi connectivity index (χ4n) is 4.34. The molecule has 1 aliphatic heterocycles. The Morgan fingerprint density at radius 2 is 1.59 bits per heavy atom. The summed E-state index contributed by atoms with van der Waals surface area (Å²) in [6, 6.07) is 21.5. The number of para-hydroxylation sites is 1. The number of carbonyl (C=O) groups is 2. The Kier molecular flexibility index (Phi) is 6.47. The molecule has 3 aromatic carbocycles. The van der Waals surface area contributed by atoms with Crippen LogP contribution >= 0.6 is 11.6 Å². The summed E-state index contributed by atoms with van der Waals surface area (Å²) in [7, 11) is 2.97. The molecule has 0 bridgehead atoms. The van der Waals surface area contributed by atoms with E-state index in [9.17, 15) is 9.59 Å². The average Bonchev–Trinajstić information content (AvgIpc) is 3.28. The zero-order chi connectivity index (χ0) is 22.7. The van der Waals surface area contributed by atoms with Crippen LogP contribution in [0.1, 0.15) is 34.8 Å². The molecular formula is C26H24ClNO4. The highest BCUT2D eigenvalue weighted by Gasteiger charge is 2.43. The topological polar surface area (TPSA) is 55.8 Å². The second-order valence-corrected chi connectivity index (χ2v) is 8.05. The first-order valence-electron chi connectivity index (χ1n) is 10.4. The third-order valence-electron chi connectivity index (χ3n) is 5.91. The van der Waals surface area contributed by atoms with E-state index in [4.69, 9.17) is 21.1 Å². The van der Waals surface area contributed by atoms with E-state index in [1.54, 1.807) is 30.2 Å². The van der Waals surface area contributed by atoms with Gasteiger partial charge in [0.1, 0.15) is 11.8 Å². The van der Waals surface area contributed by atoms with Crippen molar-refractivity contribution in [3.63, 3.8) is 0 Å². The molecule has 5 nitrogen and oxygen atoms in total. The Morgan fingerprint density at radius 1 is 0.906 bits per heavy atom. The summed E-state index contributed by atoms with van der Waals surface area (Å²) in [5.74, 6) is 0.114. The van der Waals surface area contributed by atoms with Gasteiger partial charge in [-0.15, -0.1) is 0 Å². The first-order chi connectivity index (χ1) is 15.5. The molecule has 0 aliphatic carbocycles. The van der Waals surface area contributed by atoms with Gasteiger partial charge in [-0.3, -0.25) is 4.79 Å². The van der Waals surface area contributed by atoms with Gasteiger partial charge >= 0.3 is 5.97 Å². The van der Waals surface area contributed by atoms with Crippen LogP contribution in [0.4, 0.5) is 0 Å². The largest absolute Gasteiger partial charge is 0.496 e. The van der Waals surface area contributed by atoms with Crippen molar-refractivity contribution in [2.45, 2.75) is 24.9 Å². The van der Waals surface area contributed by atoms with E-state index in [0.717, 1.165) is 22.4 Å². The molecule has 6 heteroatoms. The van der Waals surface area contributed by atoms with Crippen molar-refractivity contribution in [3.8, 4) is 16.9 Å². The molecule has 4 rings (SSSR count). The Bertz CT molecular complexity index is 1130. The van der Waals surface area contributed by atoms with Crippen molar-refractivity contribution in [2.24, 2.45) is 0 Å². The summed E-state index contributed by atoms with van der Waals surface area (Å²) >= 11 is 6.43. The van der Waals surface area contributed by atoms with Gasteiger partial charge in [-0.25, -0.2) is 4.79 Å². The third-order valence-corrected chi connectivity index (χ3v) is 6.25. The van der Waals surface area contributed by atoms with Crippen LogP contribution in [0.25, 0.3) is 11.1 Å². The van der Waals surface area contributed by atoms with Crippen molar-refractivity contribution in [1.82, 2.24) is 4.90 Å². The van der Waals surface area contributed by atoms with E-state index in [1.165, 1.54) is 7.11 Å². The molecule has 0 spiro atoms. The number of carbonyl (C=O) groups excluding carboxylic acids is 2. The lowest BCUT2D eigenvalue weighted by Gasteiger charge is -2.30. The van der Waals surface area contributed by atoms with Crippen LogP contribution in [0.2, 0.25) is 5.02 Å². The maximum absolute atomic E-state index is 13.6. The molecule has 2 atom stereocenters. The normalized spacial score (nSPS) is 17.8. The van der Waals surface area contributed by atoms with E-state index >= 15 is 0 Å². The lowest BCUT2D eigenvalue weighted by atomic mass is 10.0. The van der Waals surface area contributed by atoms with Crippen LogP contribution in [-0.4, -0.2) is 37.0 Å². The number of ether oxygens (including phenoxy) is 2. The highest BCUT2D eigenvalue weighted by molar-refractivity contribution is 6.31. The maximum atomic E-state index is 13.6. The van der Waals surface area contributed by atoms with Crippen LogP contribution in [0, 0.1) is 0 Å². The van der Waals surface area contributed by atoms with Crippen LogP contribution in [0.3, 0.4) is 0 Å². The number of nitrogens with zero attached hydrogens (tertiary/aromatic N) is 1. The number of likely N-dealkylation sites (tertiary alicyclic amines) is 1. The van der Waals surface area contributed by atoms with E-state index in [-0.39, 0.29) is 11.9 Å². The predicted octanol–water partition coefficient (Wildman–Crippen LogP) is 5.53. The smallest absolute Gasteiger partial charge is 0.328 e. The lowest BCUT2D eigenvalue weighted by Crippen LogP contribution is -2.42. The number of halogens is 1. The first kappa shape index (κ1) is 21.9. The molecule has 1 aliphatic rings. The van der Waals surface area contributed by atoms with Gasteiger partial charge in [0, 0.05) is 16.1 Å². The van der Waals surface area contributed by atoms with E-state index in [0.29, 0.717) is 23.4 Å².